The molecule has 0 aliphatic carbocycles. The highest BCUT2D eigenvalue weighted by Gasteiger charge is 2.30. The fraction of sp³-hybridized carbons (Fsp3) is 0.394. The Labute approximate surface area is 267 Å². The molecular formula is C33H37ClN8O3. The van der Waals surface area contributed by atoms with Crippen molar-refractivity contribution < 1.29 is 9.90 Å². The standard InChI is InChI=1S/C33H37ClN8O3/c1-19(2)26-30(27(20(3)4)37-18-36-26)42-31-23(15-25(34)28(38-31)22-10-8-7-9-21(22)17-39(5)6)29(24(16-35)32(42)43)40-11-13-41(14-12-40)33(44)45/h7-10,15,18-20H,11-14,17H2,1-6H3,(H,44,45). The van der Waals surface area contributed by atoms with Gasteiger partial charge in [0.2, 0.25) is 0 Å². The summed E-state index contributed by atoms with van der Waals surface area (Å²) in [4.78, 5) is 45.9. The van der Waals surface area contributed by atoms with Crippen LogP contribution in [0.5, 0.6) is 0 Å². The highest BCUT2D eigenvalue weighted by Crippen LogP contribution is 2.38. The number of carboxylic acid groups (broad SMARTS) is 1. The first-order chi connectivity index (χ1) is 21.4. The molecule has 4 aromatic rings. The van der Waals surface area contributed by atoms with Crippen molar-refractivity contribution in [1.82, 2.24) is 29.3 Å². The molecule has 0 unspecified atom stereocenters. The van der Waals surface area contributed by atoms with Gasteiger partial charge in [-0.05, 0) is 37.6 Å². The van der Waals surface area contributed by atoms with Gasteiger partial charge < -0.3 is 19.8 Å². The molecule has 11 nitrogen and oxygen atoms in total. The van der Waals surface area contributed by atoms with Crippen LogP contribution < -0.4 is 10.5 Å². The molecule has 5 rings (SSSR count). The minimum Gasteiger partial charge on any atom is -0.465 e. The second-order valence-electron chi connectivity index (χ2n) is 12.1. The number of carbonyl (C=O) groups is 1. The minimum absolute atomic E-state index is 0.0654. The SMILES string of the molecule is CC(C)c1ncnc(C(C)C)c1-n1c(=O)c(C#N)c(N2CCN(C(=O)O)CC2)c2cc(Cl)c(-c3ccccc3CN(C)C)nc21. The molecule has 0 bridgehead atoms. The van der Waals surface area contributed by atoms with Crippen LogP contribution >= 0.6 is 11.6 Å². The predicted octanol–water partition coefficient (Wildman–Crippen LogP) is 5.48. The number of fused-ring (bicyclic) bond motifs is 1. The van der Waals surface area contributed by atoms with E-state index in [1.165, 1.54) is 15.8 Å². The van der Waals surface area contributed by atoms with Crippen molar-refractivity contribution in [2.45, 2.75) is 46.1 Å². The van der Waals surface area contributed by atoms with Crippen LogP contribution in [-0.2, 0) is 6.54 Å². The Morgan fingerprint density at radius 2 is 1.67 bits per heavy atom. The first kappa shape index (κ1) is 31.9. The largest absolute Gasteiger partial charge is 0.465 e. The van der Waals surface area contributed by atoms with E-state index in [1.54, 1.807) is 6.07 Å². The van der Waals surface area contributed by atoms with Gasteiger partial charge in [-0.15, -0.1) is 0 Å². The maximum atomic E-state index is 14.6. The Kier molecular flexibility index (Phi) is 9.09. The third-order valence-electron chi connectivity index (χ3n) is 8.01. The first-order valence-corrected chi connectivity index (χ1v) is 15.3. The molecule has 0 atom stereocenters. The van der Waals surface area contributed by atoms with Gasteiger partial charge in [0.25, 0.3) is 5.56 Å². The van der Waals surface area contributed by atoms with Gasteiger partial charge in [0.1, 0.15) is 23.6 Å². The maximum Gasteiger partial charge on any atom is 0.407 e. The van der Waals surface area contributed by atoms with Gasteiger partial charge in [0.05, 0.1) is 33.5 Å². The highest BCUT2D eigenvalue weighted by atomic mass is 35.5. The van der Waals surface area contributed by atoms with Gasteiger partial charge in [-0.25, -0.2) is 19.7 Å². The van der Waals surface area contributed by atoms with Crippen LogP contribution in [0.4, 0.5) is 10.5 Å². The van der Waals surface area contributed by atoms with Crippen LogP contribution in [0.1, 0.15) is 62.0 Å². The van der Waals surface area contributed by atoms with Crippen molar-refractivity contribution in [1.29, 1.82) is 5.26 Å². The van der Waals surface area contributed by atoms with Crippen molar-refractivity contribution in [3.05, 3.63) is 74.6 Å². The summed E-state index contributed by atoms with van der Waals surface area (Å²) in [6.45, 7) is 9.69. The quantitative estimate of drug-likeness (QED) is 0.283. The van der Waals surface area contributed by atoms with Gasteiger partial charge in [0.15, 0.2) is 0 Å². The predicted molar refractivity (Wildman–Crippen MR) is 175 cm³/mol. The zero-order chi connectivity index (χ0) is 32.6. The Balaban J connectivity index is 1.92. The minimum atomic E-state index is -1.01. The number of nitrogens with zero attached hydrogens (tertiary/aromatic N) is 8. The fourth-order valence-corrected chi connectivity index (χ4v) is 6.18. The van der Waals surface area contributed by atoms with Crippen LogP contribution in [0.15, 0.2) is 41.5 Å². The number of piperazine rings is 1. The number of rotatable bonds is 7. The lowest BCUT2D eigenvalue weighted by molar-refractivity contribution is 0.142. The Morgan fingerprint density at radius 1 is 1.04 bits per heavy atom. The van der Waals surface area contributed by atoms with E-state index in [0.29, 0.717) is 64.1 Å². The number of pyridine rings is 2. The zero-order valence-electron chi connectivity index (χ0n) is 26.4. The fourth-order valence-electron chi connectivity index (χ4n) is 5.93. The summed E-state index contributed by atoms with van der Waals surface area (Å²) in [5, 5.41) is 20.9. The van der Waals surface area contributed by atoms with Crippen LogP contribution in [0, 0.1) is 11.3 Å². The maximum absolute atomic E-state index is 14.6. The summed E-state index contributed by atoms with van der Waals surface area (Å²) in [5.41, 5.74) is 4.30. The highest BCUT2D eigenvalue weighted by molar-refractivity contribution is 6.34. The number of aromatic nitrogens is 4. The second-order valence-corrected chi connectivity index (χ2v) is 12.5. The summed E-state index contributed by atoms with van der Waals surface area (Å²) in [6, 6.07) is 11.8. The van der Waals surface area contributed by atoms with Crippen molar-refractivity contribution in [2.75, 3.05) is 45.2 Å². The van der Waals surface area contributed by atoms with E-state index in [9.17, 15) is 20.0 Å². The Morgan fingerprint density at radius 3 is 2.22 bits per heavy atom. The average Bonchev–Trinajstić information content (AvgIpc) is 3.00. The van der Waals surface area contributed by atoms with E-state index in [4.69, 9.17) is 16.6 Å². The molecule has 0 radical (unpaired) electrons. The van der Waals surface area contributed by atoms with Gasteiger partial charge in [-0.1, -0.05) is 63.6 Å². The molecule has 4 heterocycles. The van der Waals surface area contributed by atoms with Crippen LogP contribution in [0.2, 0.25) is 5.02 Å². The number of nitriles is 1. The van der Waals surface area contributed by atoms with Crippen molar-refractivity contribution in [3.63, 3.8) is 0 Å². The molecule has 1 aromatic carbocycles. The van der Waals surface area contributed by atoms with E-state index in [-0.39, 0.29) is 30.5 Å². The molecule has 1 fully saturated rings. The van der Waals surface area contributed by atoms with Crippen LogP contribution in [0.25, 0.3) is 28.0 Å². The molecule has 0 spiro atoms. The van der Waals surface area contributed by atoms with Gasteiger partial charge in [-0.2, -0.15) is 5.26 Å². The zero-order valence-corrected chi connectivity index (χ0v) is 27.1. The molecule has 0 saturated carbocycles. The first-order valence-electron chi connectivity index (χ1n) is 14.9. The summed E-state index contributed by atoms with van der Waals surface area (Å²) in [7, 11) is 3.97. The molecule has 45 heavy (non-hydrogen) atoms. The second kappa shape index (κ2) is 12.8. The number of amides is 1. The normalized spacial score (nSPS) is 13.7. The van der Waals surface area contributed by atoms with Gasteiger partial charge in [0, 0.05) is 43.7 Å². The van der Waals surface area contributed by atoms with E-state index in [0.717, 1.165) is 11.1 Å². The molecule has 234 valence electrons. The lowest BCUT2D eigenvalue weighted by Crippen LogP contribution is -2.49. The molecule has 1 aliphatic rings. The van der Waals surface area contributed by atoms with Gasteiger partial charge in [-0.3, -0.25) is 9.36 Å². The topological polar surface area (TPSA) is 131 Å². The number of halogens is 1. The third kappa shape index (κ3) is 5.95. The average molecular weight is 629 g/mol. The van der Waals surface area contributed by atoms with Crippen LogP contribution in [-0.4, -0.2) is 80.8 Å². The smallest absolute Gasteiger partial charge is 0.407 e. The molecule has 12 heteroatoms. The number of hydrogen-bond donors (Lipinski definition) is 1. The molecule has 1 N–H and O–H groups in total. The van der Waals surface area contributed by atoms with Crippen molar-refractivity contribution in [3.8, 4) is 23.0 Å². The summed E-state index contributed by atoms with van der Waals surface area (Å²) in [6.07, 6.45) is 0.503. The van der Waals surface area contributed by atoms with Crippen molar-refractivity contribution in [2.24, 2.45) is 0 Å². The van der Waals surface area contributed by atoms with E-state index in [2.05, 4.69) is 20.9 Å². The summed E-state index contributed by atoms with van der Waals surface area (Å²) >= 11 is 7.04. The molecule has 1 aliphatic heterocycles. The van der Waals surface area contributed by atoms with Crippen molar-refractivity contribution >= 4 is 34.4 Å². The summed E-state index contributed by atoms with van der Waals surface area (Å²) < 4.78 is 1.49. The monoisotopic (exact) mass is 628 g/mol. The van der Waals surface area contributed by atoms with Crippen LogP contribution in [0.3, 0.4) is 0 Å². The number of hydrogen-bond acceptors (Lipinski definition) is 8. The van der Waals surface area contributed by atoms with E-state index in [1.807, 2.05) is 71.0 Å². The molecule has 1 saturated heterocycles. The lowest BCUT2D eigenvalue weighted by Gasteiger charge is -2.35. The van der Waals surface area contributed by atoms with Gasteiger partial charge >= 0.3 is 6.09 Å². The third-order valence-corrected chi connectivity index (χ3v) is 8.30. The molecule has 1 amide bonds. The van der Waals surface area contributed by atoms with E-state index >= 15 is 0 Å². The lowest BCUT2D eigenvalue weighted by atomic mass is 9.99. The molecule has 3 aromatic heterocycles. The van der Waals surface area contributed by atoms with E-state index < -0.39 is 11.7 Å². The summed E-state index contributed by atoms with van der Waals surface area (Å²) in [5.74, 6) is -0.131. The Hall–Kier alpha value is -4.53. The Bertz CT molecular complexity index is 1840. The number of benzene rings is 1. The molecular weight excluding hydrogens is 592 g/mol. The number of anilines is 1.